The SMILES string of the molecule is Cc1ccc(Br)cc1OC1CC(N)C12CCCCCC2. The molecule has 0 saturated heterocycles. The van der Waals surface area contributed by atoms with Gasteiger partial charge in [0.2, 0.25) is 0 Å². The maximum atomic E-state index is 6.38. The molecule has 0 amide bonds. The van der Waals surface area contributed by atoms with E-state index in [1.807, 2.05) is 0 Å². The number of rotatable bonds is 2. The van der Waals surface area contributed by atoms with Crippen molar-refractivity contribution < 1.29 is 4.74 Å². The third-order valence-electron chi connectivity index (χ3n) is 5.30. The van der Waals surface area contributed by atoms with E-state index in [9.17, 15) is 0 Å². The van der Waals surface area contributed by atoms with Crippen molar-refractivity contribution >= 4 is 15.9 Å². The van der Waals surface area contributed by atoms with Crippen molar-refractivity contribution in [1.82, 2.24) is 0 Å². The molecule has 3 rings (SSSR count). The second-order valence-electron chi connectivity index (χ2n) is 6.51. The molecule has 0 aliphatic heterocycles. The number of halogens is 1. The minimum absolute atomic E-state index is 0.241. The fraction of sp³-hybridized carbons (Fsp3) is 0.647. The largest absolute Gasteiger partial charge is 0.489 e. The standard InChI is InChI=1S/C17H24BrNO/c1-12-6-7-13(18)10-14(12)20-16-11-15(19)17(16)8-4-2-3-5-9-17/h6-7,10,15-16H,2-5,8-9,11,19H2,1H3. The molecule has 0 heterocycles. The van der Waals surface area contributed by atoms with E-state index in [-0.39, 0.29) is 5.41 Å². The van der Waals surface area contributed by atoms with Crippen molar-refractivity contribution in [1.29, 1.82) is 0 Å². The average Bonchev–Trinajstić information content (AvgIpc) is 2.70. The van der Waals surface area contributed by atoms with Crippen LogP contribution in [0.3, 0.4) is 0 Å². The van der Waals surface area contributed by atoms with Crippen molar-refractivity contribution in [3.05, 3.63) is 28.2 Å². The molecule has 2 aliphatic carbocycles. The molecular weight excluding hydrogens is 314 g/mol. The molecule has 0 bridgehead atoms. The van der Waals surface area contributed by atoms with Crippen LogP contribution in [-0.4, -0.2) is 12.1 Å². The summed E-state index contributed by atoms with van der Waals surface area (Å²) in [7, 11) is 0. The Morgan fingerprint density at radius 2 is 1.90 bits per heavy atom. The predicted molar refractivity (Wildman–Crippen MR) is 86.0 cm³/mol. The molecule has 110 valence electrons. The van der Waals surface area contributed by atoms with Gasteiger partial charge in [-0.25, -0.2) is 0 Å². The number of aryl methyl sites for hydroxylation is 1. The van der Waals surface area contributed by atoms with Crippen LogP contribution >= 0.6 is 15.9 Å². The monoisotopic (exact) mass is 337 g/mol. The lowest BCUT2D eigenvalue weighted by atomic mass is 9.58. The van der Waals surface area contributed by atoms with E-state index < -0.39 is 0 Å². The van der Waals surface area contributed by atoms with Gasteiger partial charge in [0.05, 0.1) is 0 Å². The molecule has 2 atom stereocenters. The van der Waals surface area contributed by atoms with Gasteiger partial charge in [-0.2, -0.15) is 0 Å². The molecule has 20 heavy (non-hydrogen) atoms. The van der Waals surface area contributed by atoms with Crippen molar-refractivity contribution in [2.24, 2.45) is 11.1 Å². The quantitative estimate of drug-likeness (QED) is 0.857. The van der Waals surface area contributed by atoms with Crippen LogP contribution in [0.25, 0.3) is 0 Å². The Bertz CT molecular complexity index is 480. The van der Waals surface area contributed by atoms with E-state index in [2.05, 4.69) is 41.1 Å². The molecule has 2 fully saturated rings. The minimum Gasteiger partial charge on any atom is -0.489 e. The first-order chi connectivity index (χ1) is 9.62. The predicted octanol–water partition coefficient (Wildman–Crippen LogP) is 4.58. The summed E-state index contributed by atoms with van der Waals surface area (Å²) >= 11 is 3.53. The highest BCUT2D eigenvalue weighted by molar-refractivity contribution is 9.10. The normalized spacial score (nSPS) is 28.8. The van der Waals surface area contributed by atoms with Gasteiger partial charge in [-0.1, -0.05) is 47.7 Å². The molecule has 2 N–H and O–H groups in total. The molecule has 1 aromatic rings. The first kappa shape index (κ1) is 14.4. The van der Waals surface area contributed by atoms with Crippen molar-refractivity contribution in [3.63, 3.8) is 0 Å². The molecule has 1 spiro atoms. The maximum absolute atomic E-state index is 6.38. The Morgan fingerprint density at radius 3 is 2.55 bits per heavy atom. The van der Waals surface area contributed by atoms with Gasteiger partial charge < -0.3 is 10.5 Å². The summed E-state index contributed by atoms with van der Waals surface area (Å²) < 4.78 is 7.45. The van der Waals surface area contributed by atoms with Gasteiger partial charge >= 0.3 is 0 Å². The number of nitrogens with two attached hydrogens (primary N) is 1. The average molecular weight is 338 g/mol. The zero-order valence-electron chi connectivity index (χ0n) is 12.2. The van der Waals surface area contributed by atoms with E-state index in [1.165, 1.54) is 44.1 Å². The van der Waals surface area contributed by atoms with E-state index in [0.29, 0.717) is 12.1 Å². The summed E-state index contributed by atoms with van der Waals surface area (Å²) in [5, 5.41) is 0. The van der Waals surface area contributed by atoms with Crippen molar-refractivity contribution in [3.8, 4) is 5.75 Å². The Hall–Kier alpha value is -0.540. The summed E-state index contributed by atoms with van der Waals surface area (Å²) in [5.74, 6) is 1.01. The summed E-state index contributed by atoms with van der Waals surface area (Å²) in [6.07, 6.45) is 9.14. The van der Waals surface area contributed by atoms with Gasteiger partial charge in [-0.15, -0.1) is 0 Å². The van der Waals surface area contributed by atoms with Crippen LogP contribution < -0.4 is 10.5 Å². The van der Waals surface area contributed by atoms with Crippen molar-refractivity contribution in [2.75, 3.05) is 0 Å². The van der Waals surface area contributed by atoms with Crippen LogP contribution in [0.5, 0.6) is 5.75 Å². The first-order valence-electron chi connectivity index (χ1n) is 7.80. The van der Waals surface area contributed by atoms with Crippen LogP contribution in [0.4, 0.5) is 0 Å². The number of hydrogen-bond acceptors (Lipinski definition) is 2. The highest BCUT2D eigenvalue weighted by Gasteiger charge is 2.54. The molecule has 0 radical (unpaired) electrons. The molecule has 2 aliphatic rings. The molecule has 3 heteroatoms. The van der Waals surface area contributed by atoms with Crippen LogP contribution in [0.2, 0.25) is 0 Å². The highest BCUT2D eigenvalue weighted by atomic mass is 79.9. The Balaban J connectivity index is 1.78. The molecule has 1 aromatic carbocycles. The van der Waals surface area contributed by atoms with Gasteiger partial charge in [-0.05, 0) is 37.5 Å². The molecule has 2 saturated carbocycles. The van der Waals surface area contributed by atoms with E-state index >= 15 is 0 Å². The van der Waals surface area contributed by atoms with Gasteiger partial charge in [-0.3, -0.25) is 0 Å². The molecular formula is C17H24BrNO. The minimum atomic E-state index is 0.241. The third-order valence-corrected chi connectivity index (χ3v) is 5.79. The Labute approximate surface area is 130 Å². The zero-order valence-corrected chi connectivity index (χ0v) is 13.8. The third kappa shape index (κ3) is 2.50. The van der Waals surface area contributed by atoms with E-state index in [0.717, 1.165) is 16.6 Å². The van der Waals surface area contributed by atoms with Gasteiger partial charge in [0.1, 0.15) is 11.9 Å². The lowest BCUT2D eigenvalue weighted by Gasteiger charge is -2.54. The lowest BCUT2D eigenvalue weighted by Crippen LogP contribution is -2.63. The van der Waals surface area contributed by atoms with E-state index in [4.69, 9.17) is 10.5 Å². The van der Waals surface area contributed by atoms with Crippen LogP contribution in [0.15, 0.2) is 22.7 Å². The summed E-state index contributed by atoms with van der Waals surface area (Å²) in [4.78, 5) is 0. The summed E-state index contributed by atoms with van der Waals surface area (Å²) in [6, 6.07) is 6.59. The van der Waals surface area contributed by atoms with Crippen LogP contribution in [-0.2, 0) is 0 Å². The fourth-order valence-electron chi connectivity index (χ4n) is 3.88. The molecule has 2 nitrogen and oxygen atoms in total. The smallest absolute Gasteiger partial charge is 0.123 e. The highest BCUT2D eigenvalue weighted by Crippen LogP contribution is 2.51. The number of ether oxygens (including phenoxy) is 1. The van der Waals surface area contributed by atoms with Gasteiger partial charge in [0, 0.05) is 22.4 Å². The second kappa shape index (κ2) is 5.69. The van der Waals surface area contributed by atoms with Gasteiger partial charge in [0.15, 0.2) is 0 Å². The Morgan fingerprint density at radius 1 is 1.20 bits per heavy atom. The summed E-state index contributed by atoms with van der Waals surface area (Å²) in [5.41, 5.74) is 7.83. The number of hydrogen-bond donors (Lipinski definition) is 1. The van der Waals surface area contributed by atoms with E-state index in [1.54, 1.807) is 0 Å². The maximum Gasteiger partial charge on any atom is 0.123 e. The number of benzene rings is 1. The fourth-order valence-corrected chi connectivity index (χ4v) is 4.22. The van der Waals surface area contributed by atoms with Crippen molar-refractivity contribution in [2.45, 2.75) is 64.0 Å². The lowest BCUT2D eigenvalue weighted by molar-refractivity contribution is -0.0773. The topological polar surface area (TPSA) is 35.2 Å². The van der Waals surface area contributed by atoms with Gasteiger partial charge in [0.25, 0.3) is 0 Å². The first-order valence-corrected chi connectivity index (χ1v) is 8.59. The van der Waals surface area contributed by atoms with Crippen LogP contribution in [0.1, 0.15) is 50.5 Å². The van der Waals surface area contributed by atoms with Crippen LogP contribution in [0, 0.1) is 12.3 Å². The molecule has 2 unspecified atom stereocenters. The molecule has 0 aromatic heterocycles. The summed E-state index contributed by atoms with van der Waals surface area (Å²) in [6.45, 7) is 2.11. The zero-order chi connectivity index (χ0) is 14.2. The Kier molecular flexibility index (Phi) is 4.09. The second-order valence-corrected chi connectivity index (χ2v) is 7.42.